The van der Waals surface area contributed by atoms with Crippen molar-refractivity contribution in [3.8, 4) is 0 Å². The van der Waals surface area contributed by atoms with Crippen LogP contribution in [-0.2, 0) is 9.47 Å². The van der Waals surface area contributed by atoms with Gasteiger partial charge in [-0.05, 0) is 12.2 Å². The molecule has 0 bridgehead atoms. The number of amides is 1. The molecule has 0 spiro atoms. The quantitative estimate of drug-likeness (QED) is 0.571. The second-order valence-corrected chi connectivity index (χ2v) is 5.77. The minimum Gasteiger partial charge on any atom is -0.464 e. The standard InChI is InChI=1S/C14H15N3O6S/c1-22-13(20)11-9-10(16-17-11)7(18)6-8(12(9)19)24-5-3-4-15-14(21)23-2/h6H,3-5H2,1-2H3,(H,15,21)(H,16,17). The molecule has 9 nitrogen and oxygen atoms in total. The SMILES string of the molecule is COC(=O)NCCCSC1=CC(=O)c2[nH]nc(C(=O)OC)c2C1=O. The molecule has 0 saturated carbocycles. The number of ether oxygens (including phenoxy) is 2. The molecule has 2 N–H and O–H groups in total. The second kappa shape index (κ2) is 7.77. The van der Waals surface area contributed by atoms with Gasteiger partial charge in [-0.2, -0.15) is 5.10 Å². The average Bonchev–Trinajstić information content (AvgIpc) is 3.03. The van der Waals surface area contributed by atoms with Crippen molar-refractivity contribution in [2.24, 2.45) is 0 Å². The smallest absolute Gasteiger partial charge is 0.406 e. The van der Waals surface area contributed by atoms with E-state index in [1.54, 1.807) is 0 Å². The van der Waals surface area contributed by atoms with E-state index in [4.69, 9.17) is 0 Å². The molecule has 1 aliphatic carbocycles. The number of allylic oxidation sites excluding steroid dienone is 2. The number of H-pyrrole nitrogens is 1. The number of hydrogen-bond acceptors (Lipinski definition) is 8. The molecule has 1 amide bonds. The lowest BCUT2D eigenvalue weighted by molar-refractivity contribution is 0.0591. The molecule has 0 atom stereocenters. The van der Waals surface area contributed by atoms with Crippen LogP contribution in [0.1, 0.15) is 37.8 Å². The highest BCUT2D eigenvalue weighted by molar-refractivity contribution is 8.04. The zero-order valence-electron chi connectivity index (χ0n) is 13.0. The third-order valence-corrected chi connectivity index (χ3v) is 4.24. The third-order valence-electron chi connectivity index (χ3n) is 3.14. The molecule has 1 aromatic heterocycles. The minimum absolute atomic E-state index is 0.0166. The predicted octanol–water partition coefficient (Wildman–Crippen LogP) is 0.938. The zero-order valence-corrected chi connectivity index (χ0v) is 13.8. The Labute approximate surface area is 141 Å². The molecular weight excluding hydrogens is 338 g/mol. The zero-order chi connectivity index (χ0) is 17.7. The number of Topliss-reactive ketones (excluding diaryl/α,β-unsaturated/α-hetero) is 1. The molecule has 0 unspecified atom stereocenters. The minimum atomic E-state index is -0.790. The van der Waals surface area contributed by atoms with Gasteiger partial charge in [-0.15, -0.1) is 11.8 Å². The Hall–Kier alpha value is -2.62. The molecular formula is C14H15N3O6S. The Morgan fingerprint density at radius 2 is 2.04 bits per heavy atom. The van der Waals surface area contributed by atoms with Crippen LogP contribution in [0, 0.1) is 0 Å². The number of aromatic nitrogens is 2. The van der Waals surface area contributed by atoms with E-state index in [9.17, 15) is 19.2 Å². The number of alkyl carbamates (subject to hydrolysis) is 1. The molecule has 1 heterocycles. The molecule has 0 fully saturated rings. The molecule has 0 saturated heterocycles. The van der Waals surface area contributed by atoms with Crippen LogP contribution in [0.15, 0.2) is 11.0 Å². The summed E-state index contributed by atoms with van der Waals surface area (Å²) < 4.78 is 9.00. The van der Waals surface area contributed by atoms with Crippen molar-refractivity contribution in [1.29, 1.82) is 0 Å². The molecule has 1 aromatic rings. The summed E-state index contributed by atoms with van der Waals surface area (Å²) in [4.78, 5) is 47.3. The van der Waals surface area contributed by atoms with Gasteiger partial charge in [0.1, 0.15) is 5.69 Å². The van der Waals surface area contributed by atoms with Gasteiger partial charge in [0.15, 0.2) is 5.69 Å². The maximum Gasteiger partial charge on any atom is 0.406 e. The van der Waals surface area contributed by atoms with Crippen LogP contribution in [0.5, 0.6) is 0 Å². The highest BCUT2D eigenvalue weighted by Crippen LogP contribution is 2.29. The topological polar surface area (TPSA) is 127 Å². The van der Waals surface area contributed by atoms with Gasteiger partial charge in [0.2, 0.25) is 11.6 Å². The van der Waals surface area contributed by atoms with Crippen LogP contribution >= 0.6 is 11.8 Å². The van der Waals surface area contributed by atoms with Crippen molar-refractivity contribution in [3.63, 3.8) is 0 Å². The molecule has 24 heavy (non-hydrogen) atoms. The number of hydrogen-bond donors (Lipinski definition) is 2. The lowest BCUT2D eigenvalue weighted by Crippen LogP contribution is -2.24. The van der Waals surface area contributed by atoms with Crippen molar-refractivity contribution in [2.75, 3.05) is 26.5 Å². The van der Waals surface area contributed by atoms with Crippen LogP contribution in [-0.4, -0.2) is 60.3 Å². The van der Waals surface area contributed by atoms with Crippen molar-refractivity contribution in [2.45, 2.75) is 6.42 Å². The molecule has 2 rings (SSSR count). The summed E-state index contributed by atoms with van der Waals surface area (Å²) in [5.41, 5.74) is -0.286. The lowest BCUT2D eigenvalue weighted by atomic mass is 9.99. The fourth-order valence-corrected chi connectivity index (χ4v) is 2.92. The van der Waals surface area contributed by atoms with Gasteiger partial charge in [-0.1, -0.05) is 0 Å². The molecule has 128 valence electrons. The third kappa shape index (κ3) is 3.65. The maximum absolute atomic E-state index is 12.5. The Morgan fingerprint density at radius 3 is 2.71 bits per heavy atom. The highest BCUT2D eigenvalue weighted by atomic mass is 32.2. The van der Waals surface area contributed by atoms with E-state index in [2.05, 4.69) is 25.0 Å². The van der Waals surface area contributed by atoms with E-state index in [1.165, 1.54) is 32.1 Å². The summed E-state index contributed by atoms with van der Waals surface area (Å²) in [5.74, 6) is -1.18. The molecule has 1 aliphatic rings. The van der Waals surface area contributed by atoms with E-state index in [0.29, 0.717) is 18.7 Å². The van der Waals surface area contributed by atoms with Gasteiger partial charge in [0.25, 0.3) is 0 Å². The molecule has 0 radical (unpaired) electrons. The number of nitrogens with one attached hydrogen (secondary N) is 2. The van der Waals surface area contributed by atoms with Gasteiger partial charge in [0.05, 0.1) is 24.7 Å². The monoisotopic (exact) mass is 353 g/mol. The fraction of sp³-hybridized carbons (Fsp3) is 0.357. The molecule has 0 aliphatic heterocycles. The summed E-state index contributed by atoms with van der Waals surface area (Å²) in [6.45, 7) is 0.374. The molecule has 0 aromatic carbocycles. The summed E-state index contributed by atoms with van der Waals surface area (Å²) >= 11 is 1.17. The number of fused-ring (bicyclic) bond motifs is 1. The van der Waals surface area contributed by atoms with Crippen LogP contribution in [0.25, 0.3) is 0 Å². The van der Waals surface area contributed by atoms with Gasteiger partial charge in [-0.25, -0.2) is 9.59 Å². The number of carbonyl (C=O) groups excluding carboxylic acids is 4. The molecule has 10 heteroatoms. The number of esters is 1. The Bertz CT molecular complexity index is 724. The largest absolute Gasteiger partial charge is 0.464 e. The van der Waals surface area contributed by atoms with Crippen LogP contribution in [0.2, 0.25) is 0 Å². The number of aromatic amines is 1. The first-order chi connectivity index (χ1) is 11.5. The first kappa shape index (κ1) is 17.7. The summed E-state index contributed by atoms with van der Waals surface area (Å²) in [5, 5.41) is 8.61. The summed E-state index contributed by atoms with van der Waals surface area (Å²) in [7, 11) is 2.43. The van der Waals surface area contributed by atoms with Crippen molar-refractivity contribution >= 4 is 35.4 Å². The maximum atomic E-state index is 12.5. The number of nitrogens with zero attached hydrogens (tertiary/aromatic N) is 1. The fourth-order valence-electron chi connectivity index (χ4n) is 1.99. The summed E-state index contributed by atoms with van der Waals surface area (Å²) in [6.07, 6.45) is 1.25. The first-order valence-corrected chi connectivity index (χ1v) is 7.90. The van der Waals surface area contributed by atoms with E-state index >= 15 is 0 Å². The first-order valence-electron chi connectivity index (χ1n) is 6.91. The van der Waals surface area contributed by atoms with Gasteiger partial charge >= 0.3 is 12.1 Å². The van der Waals surface area contributed by atoms with E-state index in [-0.39, 0.29) is 21.9 Å². The van der Waals surface area contributed by atoms with E-state index < -0.39 is 23.6 Å². The summed E-state index contributed by atoms with van der Waals surface area (Å²) in [6, 6.07) is 0. The normalized spacial score (nSPS) is 13.2. The van der Waals surface area contributed by atoms with Gasteiger partial charge < -0.3 is 14.8 Å². The van der Waals surface area contributed by atoms with Crippen LogP contribution in [0.3, 0.4) is 0 Å². The Kier molecular flexibility index (Phi) is 5.74. The Balaban J connectivity index is 2.02. The van der Waals surface area contributed by atoms with E-state index in [0.717, 1.165) is 0 Å². The lowest BCUT2D eigenvalue weighted by Gasteiger charge is -2.11. The van der Waals surface area contributed by atoms with Crippen molar-refractivity contribution < 1.29 is 28.7 Å². The highest BCUT2D eigenvalue weighted by Gasteiger charge is 2.34. The number of methoxy groups -OCH3 is 2. The number of thioether (sulfide) groups is 1. The van der Waals surface area contributed by atoms with Gasteiger partial charge in [-0.3, -0.25) is 14.7 Å². The number of carbonyl (C=O) groups is 4. The van der Waals surface area contributed by atoms with Crippen LogP contribution in [0.4, 0.5) is 4.79 Å². The average molecular weight is 353 g/mol. The number of ketones is 2. The second-order valence-electron chi connectivity index (χ2n) is 4.64. The van der Waals surface area contributed by atoms with Gasteiger partial charge in [0, 0.05) is 12.6 Å². The number of rotatable bonds is 6. The van der Waals surface area contributed by atoms with Crippen LogP contribution < -0.4 is 5.32 Å². The van der Waals surface area contributed by atoms with Crippen molar-refractivity contribution in [1.82, 2.24) is 15.5 Å². The predicted molar refractivity (Wildman–Crippen MR) is 84.2 cm³/mol. The van der Waals surface area contributed by atoms with Crippen molar-refractivity contribution in [3.05, 3.63) is 27.9 Å². The van der Waals surface area contributed by atoms with E-state index in [1.807, 2.05) is 0 Å². The Morgan fingerprint density at radius 1 is 1.29 bits per heavy atom.